The van der Waals surface area contributed by atoms with Crippen molar-refractivity contribution in [3.05, 3.63) is 100 Å². The van der Waals surface area contributed by atoms with Gasteiger partial charge in [-0.2, -0.15) is 0 Å². The molecule has 2 saturated carbocycles. The Kier molecular flexibility index (Phi) is 17.7. The van der Waals surface area contributed by atoms with E-state index in [1.807, 2.05) is 30.3 Å². The molecule has 2 aliphatic carbocycles. The molecule has 17 nitrogen and oxygen atoms in total. The Morgan fingerprint density at radius 3 is 2.04 bits per heavy atom. The van der Waals surface area contributed by atoms with E-state index in [-0.39, 0.29) is 66.9 Å². The first-order valence-corrected chi connectivity index (χ1v) is 26.9. The van der Waals surface area contributed by atoms with Crippen LogP contribution in [0.3, 0.4) is 0 Å². The molecule has 4 aromatic rings. The number of nitrogens with one attached hydrogen (secondary N) is 6. The van der Waals surface area contributed by atoms with Crippen LogP contribution in [0.5, 0.6) is 5.75 Å². The molecule has 18 heteroatoms. The number of halogens is 1. The van der Waals surface area contributed by atoms with Gasteiger partial charge in [-0.1, -0.05) is 78.7 Å². The summed E-state index contributed by atoms with van der Waals surface area (Å²) >= 11 is 3.56. The van der Waals surface area contributed by atoms with Crippen LogP contribution >= 0.6 is 15.9 Å². The van der Waals surface area contributed by atoms with Crippen molar-refractivity contribution in [2.75, 3.05) is 44.1 Å². The third kappa shape index (κ3) is 12.1. The number of methoxy groups -OCH3 is 1. The number of hydrogen-bond acceptors (Lipinski definition) is 10. The average Bonchev–Trinajstić information content (AvgIpc) is 3.81. The molecule has 0 aromatic heterocycles. The lowest BCUT2D eigenvalue weighted by Crippen LogP contribution is -2.58. The van der Waals surface area contributed by atoms with Crippen molar-refractivity contribution in [1.82, 2.24) is 36.8 Å². The number of hydrogen-bond donors (Lipinski definition) is 6. The molecule has 1 saturated heterocycles. The molecular formula is C56H70BrN9O8. The van der Waals surface area contributed by atoms with Gasteiger partial charge < -0.3 is 51.3 Å². The first-order valence-electron chi connectivity index (χ1n) is 26.1. The first kappa shape index (κ1) is 53.9. The van der Waals surface area contributed by atoms with Crippen molar-refractivity contribution in [2.24, 2.45) is 5.92 Å². The number of rotatable bonds is 16. The minimum atomic E-state index is -1.16. The van der Waals surface area contributed by atoms with Crippen molar-refractivity contribution in [3.63, 3.8) is 0 Å². The van der Waals surface area contributed by atoms with Crippen LogP contribution in [0, 0.1) is 5.92 Å². The summed E-state index contributed by atoms with van der Waals surface area (Å²) in [6.07, 6.45) is 9.57. The van der Waals surface area contributed by atoms with E-state index >= 15 is 0 Å². The van der Waals surface area contributed by atoms with Crippen LogP contribution in [0.25, 0.3) is 10.8 Å². The lowest BCUT2D eigenvalue weighted by atomic mass is 9.83. The van der Waals surface area contributed by atoms with Gasteiger partial charge in [-0.15, -0.1) is 0 Å². The number of nitrogens with zero attached hydrogens (tertiary/aromatic N) is 3. The van der Waals surface area contributed by atoms with Crippen LogP contribution < -0.4 is 46.4 Å². The summed E-state index contributed by atoms with van der Waals surface area (Å²) in [4.78, 5) is 104. The molecule has 4 aliphatic rings. The maximum atomic E-state index is 14.9. The lowest BCUT2D eigenvalue weighted by Gasteiger charge is -2.35. The summed E-state index contributed by atoms with van der Waals surface area (Å²) in [7, 11) is 4.91. The van der Waals surface area contributed by atoms with Crippen LogP contribution in [0.4, 0.5) is 11.4 Å². The number of likely N-dealkylation sites (N-methyl/N-ethyl adjacent to an activating group) is 2. The topological polar surface area (TPSA) is 211 Å². The SMILES string of the molecule is CN[C@@H](C)C(=O)N[C@H]1CN(C(=O)c2ccc(C(=O)N[C@H]3C[C@@H](C(=O)NC4CCCCC4)N(C(=O)[C@@H](NC(=O)[C@H](C)NC)C4CCCCC4)C3)cc2)c2ccccc2N(Cc2c(OC)ccc3cc(Br)ccc23)C1=O. The molecule has 0 radical (unpaired) electrons. The maximum Gasteiger partial charge on any atom is 0.258 e. The molecule has 6 atom stereocenters. The van der Waals surface area contributed by atoms with Crippen LogP contribution in [-0.4, -0.2) is 123 Å². The molecule has 8 rings (SSSR count). The normalized spacial score (nSPS) is 20.7. The van der Waals surface area contributed by atoms with Gasteiger partial charge in [0.15, 0.2) is 0 Å². The van der Waals surface area contributed by atoms with Gasteiger partial charge >= 0.3 is 0 Å². The van der Waals surface area contributed by atoms with Crippen LogP contribution in [0.1, 0.15) is 111 Å². The van der Waals surface area contributed by atoms with Gasteiger partial charge in [0.1, 0.15) is 23.9 Å². The third-order valence-electron chi connectivity index (χ3n) is 15.4. The summed E-state index contributed by atoms with van der Waals surface area (Å²) in [5.74, 6) is -2.16. The molecule has 6 N–H and O–H groups in total. The van der Waals surface area contributed by atoms with E-state index in [1.54, 1.807) is 93.4 Å². The van der Waals surface area contributed by atoms with E-state index in [2.05, 4.69) is 47.8 Å². The standard InChI is InChI=1S/C56H70BrN9O8/c1-33(58-3)50(67)62-44-32-66(46-19-13-12-18-45(46)65(55(44)72)31-43-42-26-25-39(57)28-38(42)24-27-48(43)74-5)54(71)37-22-20-36(21-23-37)52(69)61-41-29-47(53(70)60-40-16-10-7-11-17-40)64(30-41)56(73)49(35-14-8-6-9-15-35)63-51(68)34(2)59-4/h12-13,18-28,33-35,40-41,44,47,49,58-59H,6-11,14-17,29-32H2,1-5H3,(H,60,70)(H,61,69)(H,62,67)(H,63,68)/t33-,34-,41-,44-,47-,49-/m0/s1. The summed E-state index contributed by atoms with van der Waals surface area (Å²) < 4.78 is 6.73. The molecule has 0 spiro atoms. The molecule has 7 amide bonds. The number of para-hydroxylation sites is 2. The highest BCUT2D eigenvalue weighted by atomic mass is 79.9. The number of amides is 7. The Balaban J connectivity index is 1.04. The number of anilines is 2. The molecule has 2 heterocycles. The van der Waals surface area contributed by atoms with Gasteiger partial charge in [0.05, 0.1) is 43.7 Å². The molecule has 4 aromatic carbocycles. The summed E-state index contributed by atoms with van der Waals surface area (Å²) in [6, 6.07) is 18.4. The average molecular weight is 1080 g/mol. The minimum absolute atomic E-state index is 0.00414. The van der Waals surface area contributed by atoms with Gasteiger partial charge in [-0.3, -0.25) is 33.6 Å². The summed E-state index contributed by atoms with van der Waals surface area (Å²) in [5, 5.41) is 19.9. The van der Waals surface area contributed by atoms with Crippen molar-refractivity contribution in [1.29, 1.82) is 0 Å². The number of likely N-dealkylation sites (tertiary alicyclic amines) is 1. The largest absolute Gasteiger partial charge is 0.496 e. The first-order chi connectivity index (χ1) is 35.7. The Morgan fingerprint density at radius 1 is 0.716 bits per heavy atom. The second-order valence-electron chi connectivity index (χ2n) is 20.2. The van der Waals surface area contributed by atoms with Gasteiger partial charge in [0, 0.05) is 39.8 Å². The Bertz CT molecular complexity index is 2730. The van der Waals surface area contributed by atoms with Gasteiger partial charge in [-0.05, 0) is 131 Å². The fraction of sp³-hybridized carbons (Fsp3) is 0.482. The van der Waals surface area contributed by atoms with Crippen molar-refractivity contribution < 1.29 is 38.3 Å². The Labute approximate surface area is 441 Å². The molecular weight excluding hydrogens is 1010 g/mol. The van der Waals surface area contributed by atoms with Gasteiger partial charge in [0.25, 0.3) is 17.7 Å². The van der Waals surface area contributed by atoms with Gasteiger partial charge in [0.2, 0.25) is 23.6 Å². The Morgan fingerprint density at radius 2 is 1.36 bits per heavy atom. The molecule has 2 aliphatic heterocycles. The maximum absolute atomic E-state index is 14.9. The number of fused-ring (bicyclic) bond motifs is 2. The molecule has 0 unspecified atom stereocenters. The van der Waals surface area contributed by atoms with Crippen LogP contribution in [0.15, 0.2) is 83.3 Å². The number of ether oxygens (including phenoxy) is 1. The molecule has 3 fully saturated rings. The second-order valence-corrected chi connectivity index (χ2v) is 21.2. The van der Waals surface area contributed by atoms with E-state index in [9.17, 15) is 33.6 Å². The number of carbonyl (C=O) groups is 7. The highest BCUT2D eigenvalue weighted by Gasteiger charge is 2.45. The third-order valence-corrected chi connectivity index (χ3v) is 15.9. The predicted molar refractivity (Wildman–Crippen MR) is 288 cm³/mol. The molecule has 394 valence electrons. The zero-order valence-electron chi connectivity index (χ0n) is 43.0. The van der Waals surface area contributed by atoms with E-state index in [4.69, 9.17) is 4.74 Å². The highest BCUT2D eigenvalue weighted by Crippen LogP contribution is 2.38. The van der Waals surface area contributed by atoms with Gasteiger partial charge in [-0.25, -0.2) is 0 Å². The van der Waals surface area contributed by atoms with E-state index in [1.165, 1.54) is 4.90 Å². The lowest BCUT2D eigenvalue weighted by molar-refractivity contribution is -0.143. The van der Waals surface area contributed by atoms with E-state index < -0.39 is 59.9 Å². The minimum Gasteiger partial charge on any atom is -0.496 e. The molecule has 74 heavy (non-hydrogen) atoms. The van der Waals surface area contributed by atoms with Crippen LogP contribution in [0.2, 0.25) is 0 Å². The zero-order valence-corrected chi connectivity index (χ0v) is 44.6. The van der Waals surface area contributed by atoms with Crippen molar-refractivity contribution in [3.8, 4) is 5.75 Å². The highest BCUT2D eigenvalue weighted by molar-refractivity contribution is 9.10. The monoisotopic (exact) mass is 1080 g/mol. The summed E-state index contributed by atoms with van der Waals surface area (Å²) in [5.41, 5.74) is 2.11. The molecule has 0 bridgehead atoms. The van der Waals surface area contributed by atoms with Crippen molar-refractivity contribution in [2.45, 2.75) is 133 Å². The number of benzene rings is 4. The van der Waals surface area contributed by atoms with E-state index in [0.29, 0.717) is 17.1 Å². The quantitative estimate of drug-likeness (QED) is 0.0804. The smallest absolute Gasteiger partial charge is 0.258 e. The zero-order chi connectivity index (χ0) is 52.6. The van der Waals surface area contributed by atoms with Crippen LogP contribution in [-0.2, 0) is 30.5 Å². The fourth-order valence-electron chi connectivity index (χ4n) is 10.9. The van der Waals surface area contributed by atoms with Crippen molar-refractivity contribution >= 4 is 79.4 Å². The second kappa shape index (κ2) is 24.3. The van der Waals surface area contributed by atoms with E-state index in [0.717, 1.165) is 85.0 Å². The Hall–Kier alpha value is -6.37. The predicted octanol–water partition coefficient (Wildman–Crippen LogP) is 5.72. The summed E-state index contributed by atoms with van der Waals surface area (Å²) in [6.45, 7) is 3.36. The fourth-order valence-corrected chi connectivity index (χ4v) is 11.3. The number of carbonyl (C=O) groups excluding carboxylic acids is 7.